The van der Waals surface area contributed by atoms with Gasteiger partial charge in [0.05, 0.1) is 11.6 Å². The van der Waals surface area contributed by atoms with E-state index in [1.54, 1.807) is 35.9 Å². The van der Waals surface area contributed by atoms with Crippen LogP contribution in [0.3, 0.4) is 0 Å². The minimum Gasteiger partial charge on any atom is -0.377 e. The summed E-state index contributed by atoms with van der Waals surface area (Å²) in [7, 11) is 1.58. The van der Waals surface area contributed by atoms with Crippen molar-refractivity contribution >= 4 is 5.65 Å². The Hall–Kier alpha value is -2.72. The molecule has 0 saturated heterocycles. The lowest BCUT2D eigenvalue weighted by molar-refractivity contribution is 0.156. The normalized spacial score (nSPS) is 10.7. The predicted molar refractivity (Wildman–Crippen MR) is 63.9 cm³/mol. The van der Waals surface area contributed by atoms with Crippen molar-refractivity contribution in [3.05, 3.63) is 35.7 Å². The Labute approximate surface area is 108 Å². The molecular formula is C12H9N5O2. The first kappa shape index (κ1) is 11.4. The minimum absolute atomic E-state index is 0.350. The van der Waals surface area contributed by atoms with Gasteiger partial charge in [-0.2, -0.15) is 5.26 Å². The Kier molecular flexibility index (Phi) is 2.70. The van der Waals surface area contributed by atoms with Crippen LogP contribution in [0.15, 0.2) is 28.9 Å². The van der Waals surface area contributed by atoms with Gasteiger partial charge in [-0.1, -0.05) is 5.16 Å². The van der Waals surface area contributed by atoms with Crippen molar-refractivity contribution in [1.29, 1.82) is 5.26 Å². The van der Waals surface area contributed by atoms with Crippen molar-refractivity contribution in [3.63, 3.8) is 0 Å². The molecule has 3 heterocycles. The first-order valence-corrected chi connectivity index (χ1v) is 5.51. The topological polar surface area (TPSA) is 89.2 Å². The van der Waals surface area contributed by atoms with E-state index in [-0.39, 0.29) is 0 Å². The molecule has 0 aliphatic carbocycles. The fraction of sp³-hybridized carbons (Fsp3) is 0.167. The highest BCUT2D eigenvalue weighted by Gasteiger charge is 2.13. The van der Waals surface area contributed by atoms with Gasteiger partial charge in [0.25, 0.3) is 0 Å². The molecule has 0 aromatic carbocycles. The minimum atomic E-state index is 0.350. The van der Waals surface area contributed by atoms with Crippen LogP contribution in [0, 0.1) is 11.3 Å². The molecule has 3 rings (SSSR count). The van der Waals surface area contributed by atoms with Gasteiger partial charge in [-0.3, -0.25) is 4.40 Å². The van der Waals surface area contributed by atoms with Gasteiger partial charge in [0, 0.05) is 25.4 Å². The molecule has 0 aliphatic heterocycles. The van der Waals surface area contributed by atoms with E-state index < -0.39 is 0 Å². The second kappa shape index (κ2) is 4.51. The maximum atomic E-state index is 8.83. The summed E-state index contributed by atoms with van der Waals surface area (Å²) in [5.41, 5.74) is 1.70. The number of fused-ring (bicyclic) bond motifs is 1. The van der Waals surface area contributed by atoms with Crippen LogP contribution in [0.4, 0.5) is 0 Å². The summed E-state index contributed by atoms with van der Waals surface area (Å²) >= 11 is 0. The fourth-order valence-electron chi connectivity index (χ4n) is 1.76. The second-order valence-corrected chi connectivity index (χ2v) is 3.89. The molecule has 0 unspecified atom stereocenters. The molecule has 7 nitrogen and oxygen atoms in total. The van der Waals surface area contributed by atoms with Gasteiger partial charge in [0.15, 0.2) is 22.9 Å². The molecule has 0 bridgehead atoms. The number of hydrogen-bond acceptors (Lipinski definition) is 6. The summed E-state index contributed by atoms with van der Waals surface area (Å²) < 4.78 is 11.8. The molecule has 19 heavy (non-hydrogen) atoms. The Morgan fingerprint density at radius 2 is 2.32 bits per heavy atom. The van der Waals surface area contributed by atoms with Crippen LogP contribution in [0.5, 0.6) is 0 Å². The number of nitriles is 1. The van der Waals surface area contributed by atoms with Gasteiger partial charge in [-0.15, -0.1) is 10.2 Å². The highest BCUT2D eigenvalue weighted by molar-refractivity contribution is 5.56. The maximum absolute atomic E-state index is 8.83. The molecule has 3 aromatic rings. The van der Waals surface area contributed by atoms with Crippen LogP contribution < -0.4 is 0 Å². The number of hydrogen-bond donors (Lipinski definition) is 0. The molecule has 0 fully saturated rings. The van der Waals surface area contributed by atoms with Crippen LogP contribution in [0.1, 0.15) is 11.3 Å². The van der Waals surface area contributed by atoms with Crippen LogP contribution in [0.25, 0.3) is 17.2 Å². The van der Waals surface area contributed by atoms with Gasteiger partial charge in [-0.05, 0) is 6.07 Å². The van der Waals surface area contributed by atoms with Crippen molar-refractivity contribution in [2.75, 3.05) is 7.11 Å². The molecule has 94 valence electrons. The van der Waals surface area contributed by atoms with E-state index in [1.807, 2.05) is 0 Å². The Bertz CT molecular complexity index is 768. The van der Waals surface area contributed by atoms with Gasteiger partial charge in [0.2, 0.25) is 0 Å². The van der Waals surface area contributed by atoms with Crippen molar-refractivity contribution < 1.29 is 9.26 Å². The molecular weight excluding hydrogens is 246 g/mol. The summed E-state index contributed by atoms with van der Waals surface area (Å²) in [6.45, 7) is 0.350. The third-order valence-electron chi connectivity index (χ3n) is 2.61. The Morgan fingerprint density at radius 3 is 3.11 bits per heavy atom. The molecule has 3 aromatic heterocycles. The largest absolute Gasteiger partial charge is 0.377 e. The number of nitrogens with zero attached hydrogens (tertiary/aromatic N) is 5. The van der Waals surface area contributed by atoms with Gasteiger partial charge in [0.1, 0.15) is 6.61 Å². The zero-order chi connectivity index (χ0) is 13.2. The Morgan fingerprint density at radius 1 is 1.42 bits per heavy atom. The molecule has 0 radical (unpaired) electrons. The van der Waals surface area contributed by atoms with E-state index in [2.05, 4.69) is 21.4 Å². The molecule has 7 heteroatoms. The van der Waals surface area contributed by atoms with E-state index >= 15 is 0 Å². The van der Waals surface area contributed by atoms with Crippen LogP contribution in [-0.2, 0) is 11.3 Å². The van der Waals surface area contributed by atoms with Crippen LogP contribution in [-0.4, -0.2) is 26.9 Å². The van der Waals surface area contributed by atoms with Gasteiger partial charge >= 0.3 is 0 Å². The molecule has 0 amide bonds. The highest BCUT2D eigenvalue weighted by atomic mass is 16.5. The fourth-order valence-corrected chi connectivity index (χ4v) is 1.76. The zero-order valence-electron chi connectivity index (χ0n) is 10.1. The van der Waals surface area contributed by atoms with E-state index in [0.29, 0.717) is 35.1 Å². The van der Waals surface area contributed by atoms with Gasteiger partial charge in [-0.25, -0.2) is 0 Å². The van der Waals surface area contributed by atoms with E-state index in [0.717, 1.165) is 0 Å². The molecule has 0 N–H and O–H groups in total. The maximum Gasteiger partial charge on any atom is 0.190 e. The number of ether oxygens (including phenoxy) is 1. The zero-order valence-corrected chi connectivity index (χ0v) is 10.1. The molecule has 0 saturated carbocycles. The first-order valence-electron chi connectivity index (χ1n) is 5.51. The van der Waals surface area contributed by atoms with Crippen molar-refractivity contribution in [2.45, 2.75) is 6.61 Å². The van der Waals surface area contributed by atoms with E-state index in [4.69, 9.17) is 14.5 Å². The standard InChI is InChI=1S/C12H9N5O2/c1-18-7-9-5-10(16-19-9)12-15-14-11-4-8(6-13)2-3-17(11)12/h2-5H,7H2,1H3. The monoisotopic (exact) mass is 255 g/mol. The number of rotatable bonds is 3. The smallest absolute Gasteiger partial charge is 0.190 e. The van der Waals surface area contributed by atoms with E-state index in [9.17, 15) is 0 Å². The van der Waals surface area contributed by atoms with Crippen molar-refractivity contribution in [3.8, 4) is 17.6 Å². The van der Waals surface area contributed by atoms with Crippen LogP contribution in [0.2, 0.25) is 0 Å². The summed E-state index contributed by atoms with van der Waals surface area (Å²) in [6.07, 6.45) is 1.73. The summed E-state index contributed by atoms with van der Waals surface area (Å²) in [6, 6.07) is 7.16. The first-order chi connectivity index (χ1) is 9.31. The SMILES string of the molecule is COCc1cc(-c2nnc3cc(C#N)ccn23)no1. The third kappa shape index (κ3) is 1.94. The molecule has 0 spiro atoms. The lowest BCUT2D eigenvalue weighted by Crippen LogP contribution is -1.89. The van der Waals surface area contributed by atoms with Gasteiger partial charge < -0.3 is 9.26 Å². The number of methoxy groups -OCH3 is 1. The molecule has 0 aliphatic rings. The van der Waals surface area contributed by atoms with Crippen LogP contribution >= 0.6 is 0 Å². The van der Waals surface area contributed by atoms with E-state index in [1.165, 1.54) is 0 Å². The average molecular weight is 255 g/mol. The molecule has 0 atom stereocenters. The predicted octanol–water partition coefficient (Wildman–Crippen LogP) is 1.40. The second-order valence-electron chi connectivity index (χ2n) is 3.89. The quantitative estimate of drug-likeness (QED) is 0.702. The average Bonchev–Trinajstić information content (AvgIpc) is 3.04. The van der Waals surface area contributed by atoms with Crippen molar-refractivity contribution in [2.24, 2.45) is 0 Å². The highest BCUT2D eigenvalue weighted by Crippen LogP contribution is 2.19. The Balaban J connectivity index is 2.07. The summed E-state index contributed by atoms with van der Waals surface area (Å²) in [4.78, 5) is 0. The number of pyridine rings is 1. The lowest BCUT2D eigenvalue weighted by atomic mass is 10.3. The summed E-state index contributed by atoms with van der Waals surface area (Å²) in [5.74, 6) is 1.17. The lowest BCUT2D eigenvalue weighted by Gasteiger charge is -1.95. The van der Waals surface area contributed by atoms with Crippen molar-refractivity contribution in [1.82, 2.24) is 19.8 Å². The third-order valence-corrected chi connectivity index (χ3v) is 2.61. The summed E-state index contributed by atoms with van der Waals surface area (Å²) in [5, 5.41) is 20.8. The number of aromatic nitrogens is 4.